The lowest BCUT2D eigenvalue weighted by molar-refractivity contribution is -0.137. The Hall–Kier alpha value is -0.500. The van der Waals surface area contributed by atoms with Gasteiger partial charge in [0.25, 0.3) is 11.4 Å². The van der Waals surface area contributed by atoms with Crippen LogP contribution in [0.15, 0.2) is 0 Å². The number of rotatable bonds is 2. The van der Waals surface area contributed by atoms with Crippen LogP contribution in [-0.2, 0) is 16.2 Å². The number of aliphatic carboxylic acids is 1. The Morgan fingerprint density at radius 1 is 1.45 bits per heavy atom. The fraction of sp³-hybridized carbons (Fsp3) is 0.750. The van der Waals surface area contributed by atoms with Gasteiger partial charge < -0.3 is 5.11 Å². The molecule has 6 nitrogen and oxygen atoms in total. The van der Waals surface area contributed by atoms with Crippen molar-refractivity contribution < 1.29 is 23.2 Å². The van der Waals surface area contributed by atoms with Crippen molar-refractivity contribution in [1.82, 2.24) is 4.90 Å². The topological polar surface area (TPSA) is 98.1 Å². The zero-order chi connectivity index (χ0) is 9.44. The van der Waals surface area contributed by atoms with Gasteiger partial charge >= 0.3 is 5.97 Å². The van der Waals surface area contributed by atoms with Gasteiger partial charge in [0.15, 0.2) is 0 Å². The first-order valence-electron chi connectivity index (χ1n) is 2.52. The summed E-state index contributed by atoms with van der Waals surface area (Å²) >= 11 is -2.61. The van der Waals surface area contributed by atoms with Gasteiger partial charge in [-0.2, -0.15) is 4.21 Å². The van der Waals surface area contributed by atoms with Crippen LogP contribution in [0.2, 0.25) is 0 Å². The molecule has 3 N–H and O–H groups in total. The highest BCUT2D eigenvalue weighted by Gasteiger charge is 1.94. The Kier molecular flexibility index (Phi) is 9.07. The Labute approximate surface area is 66.9 Å². The van der Waals surface area contributed by atoms with E-state index in [9.17, 15) is 4.79 Å². The number of carbonyl (C=O) groups is 1. The van der Waals surface area contributed by atoms with E-state index in [2.05, 4.69) is 0 Å². The minimum absolute atomic E-state index is 0.111. The van der Waals surface area contributed by atoms with Crippen molar-refractivity contribution in [2.45, 2.75) is 0 Å². The van der Waals surface area contributed by atoms with Crippen molar-refractivity contribution in [3.8, 4) is 0 Å². The van der Waals surface area contributed by atoms with Crippen molar-refractivity contribution in [2.75, 3.05) is 20.6 Å². The Morgan fingerprint density at radius 3 is 1.73 bits per heavy atom. The number of likely N-dealkylation sites (N-methyl/N-ethyl adjacent to an activating group) is 1. The van der Waals surface area contributed by atoms with Crippen LogP contribution in [0, 0.1) is 0 Å². The zero-order valence-electron chi connectivity index (χ0n) is 6.22. The van der Waals surface area contributed by atoms with E-state index in [1.54, 1.807) is 19.0 Å². The maximum atomic E-state index is 9.77. The molecular weight excluding hydrogens is 174 g/mol. The van der Waals surface area contributed by atoms with Gasteiger partial charge in [0, 0.05) is 0 Å². The van der Waals surface area contributed by atoms with Gasteiger partial charge in [0.2, 0.25) is 0 Å². The highest BCUT2D eigenvalue weighted by molar-refractivity contribution is 7.73. The minimum Gasteiger partial charge on any atom is -0.480 e. The van der Waals surface area contributed by atoms with Crippen molar-refractivity contribution in [1.29, 1.82) is 0 Å². The van der Waals surface area contributed by atoms with E-state index in [1.165, 1.54) is 0 Å². The standard InChI is InChI=1S/C4H9NO2.H2O3S/c1-5(2)3-4(6)7;1-4(2)3/h3H2,1-2H3,(H,6,7);(H2,1,2,3). The summed E-state index contributed by atoms with van der Waals surface area (Å²) in [7, 11) is 3.43. The fourth-order valence-corrected chi connectivity index (χ4v) is 0.271. The molecule has 0 fully saturated rings. The second kappa shape index (κ2) is 7.61. The fourth-order valence-electron chi connectivity index (χ4n) is 0.271. The Morgan fingerprint density at radius 2 is 1.73 bits per heavy atom. The molecule has 0 rings (SSSR count). The summed E-state index contributed by atoms with van der Waals surface area (Å²) in [5.41, 5.74) is 0. The summed E-state index contributed by atoms with van der Waals surface area (Å²) in [5.74, 6) is -0.787. The summed E-state index contributed by atoms with van der Waals surface area (Å²) in [4.78, 5) is 11.4. The van der Waals surface area contributed by atoms with Gasteiger partial charge in [0.1, 0.15) is 0 Å². The van der Waals surface area contributed by atoms with Crippen molar-refractivity contribution in [3.63, 3.8) is 0 Å². The number of carboxylic acids is 1. The highest BCUT2D eigenvalue weighted by Crippen LogP contribution is 1.69. The van der Waals surface area contributed by atoms with Gasteiger partial charge in [-0.25, -0.2) is 0 Å². The maximum Gasteiger partial charge on any atom is 0.317 e. The van der Waals surface area contributed by atoms with Crippen molar-refractivity contribution in [2.24, 2.45) is 0 Å². The van der Waals surface area contributed by atoms with E-state index in [1.807, 2.05) is 0 Å². The molecule has 0 spiro atoms. The maximum absolute atomic E-state index is 9.77. The zero-order valence-corrected chi connectivity index (χ0v) is 7.04. The third-order valence-electron chi connectivity index (χ3n) is 0.451. The predicted molar refractivity (Wildman–Crippen MR) is 39.6 cm³/mol. The first-order valence-corrected chi connectivity index (χ1v) is 3.59. The molecule has 0 radical (unpaired) electrons. The molecule has 68 valence electrons. The highest BCUT2D eigenvalue weighted by atomic mass is 32.2. The van der Waals surface area contributed by atoms with Gasteiger partial charge in [-0.15, -0.1) is 0 Å². The third kappa shape index (κ3) is 43.6. The Bertz CT molecular complexity index is 132. The van der Waals surface area contributed by atoms with Crippen LogP contribution in [0.1, 0.15) is 0 Å². The van der Waals surface area contributed by atoms with E-state index in [0.29, 0.717) is 0 Å². The predicted octanol–water partition coefficient (Wildman–Crippen LogP) is -0.686. The van der Waals surface area contributed by atoms with Gasteiger partial charge in [-0.3, -0.25) is 18.8 Å². The molecule has 0 unspecified atom stereocenters. The summed E-state index contributed by atoms with van der Waals surface area (Å²) in [5, 5.41) is 8.04. The molecule has 0 aliphatic rings. The largest absolute Gasteiger partial charge is 0.480 e. The number of nitrogens with zero attached hydrogens (tertiary/aromatic N) is 1. The lowest BCUT2D eigenvalue weighted by Gasteiger charge is -2.01. The molecule has 0 saturated carbocycles. The Balaban J connectivity index is 0. The first kappa shape index (κ1) is 13.1. The average Bonchev–Trinajstić information content (AvgIpc) is 1.56. The third-order valence-corrected chi connectivity index (χ3v) is 0.451. The molecule has 0 aromatic carbocycles. The molecule has 0 aliphatic heterocycles. The number of hydrogen-bond donors (Lipinski definition) is 3. The minimum atomic E-state index is -2.61. The van der Waals surface area contributed by atoms with Crippen molar-refractivity contribution >= 4 is 17.3 Å². The smallest absolute Gasteiger partial charge is 0.317 e. The van der Waals surface area contributed by atoms with Crippen LogP contribution < -0.4 is 0 Å². The van der Waals surface area contributed by atoms with Crippen LogP contribution in [0.25, 0.3) is 0 Å². The van der Waals surface area contributed by atoms with Gasteiger partial charge in [-0.05, 0) is 14.1 Å². The molecule has 0 atom stereocenters. The van der Waals surface area contributed by atoms with Crippen LogP contribution in [0.4, 0.5) is 0 Å². The molecule has 0 aromatic rings. The molecule has 0 heterocycles. The molecular formula is C4H11NO5S. The SMILES string of the molecule is CN(C)CC(=O)O.O=S(O)O. The lowest BCUT2D eigenvalue weighted by atomic mass is 10.6. The van der Waals surface area contributed by atoms with E-state index < -0.39 is 17.3 Å². The quantitative estimate of drug-likeness (QED) is 0.493. The number of carboxylic acid groups (broad SMARTS) is 1. The van der Waals surface area contributed by atoms with E-state index in [4.69, 9.17) is 18.4 Å². The molecule has 7 heteroatoms. The molecule has 0 amide bonds. The monoisotopic (exact) mass is 185 g/mol. The van der Waals surface area contributed by atoms with E-state index in [0.717, 1.165) is 0 Å². The number of hydrogen-bond acceptors (Lipinski definition) is 3. The van der Waals surface area contributed by atoms with E-state index in [-0.39, 0.29) is 6.54 Å². The van der Waals surface area contributed by atoms with Gasteiger partial charge in [-0.1, -0.05) is 0 Å². The normalized spacial score (nSPS) is 9.27. The average molecular weight is 185 g/mol. The van der Waals surface area contributed by atoms with Crippen LogP contribution >= 0.6 is 0 Å². The summed E-state index contributed by atoms with van der Waals surface area (Å²) in [6.07, 6.45) is 0. The van der Waals surface area contributed by atoms with E-state index >= 15 is 0 Å². The molecule has 11 heavy (non-hydrogen) atoms. The molecule has 0 aromatic heterocycles. The van der Waals surface area contributed by atoms with Crippen LogP contribution in [0.3, 0.4) is 0 Å². The van der Waals surface area contributed by atoms with Gasteiger partial charge in [0.05, 0.1) is 6.54 Å². The second-order valence-electron chi connectivity index (χ2n) is 1.86. The summed E-state index contributed by atoms with van der Waals surface area (Å²) in [6.45, 7) is 0.111. The summed E-state index contributed by atoms with van der Waals surface area (Å²) < 4.78 is 22.8. The second-order valence-corrected chi connectivity index (χ2v) is 2.32. The van der Waals surface area contributed by atoms with Crippen LogP contribution in [0.5, 0.6) is 0 Å². The molecule has 0 saturated heterocycles. The molecule has 0 aliphatic carbocycles. The molecule has 0 bridgehead atoms. The van der Waals surface area contributed by atoms with Crippen LogP contribution in [-0.4, -0.2) is 49.9 Å². The summed E-state index contributed by atoms with van der Waals surface area (Å²) in [6, 6.07) is 0. The first-order chi connectivity index (χ1) is 4.86. The van der Waals surface area contributed by atoms with Crippen molar-refractivity contribution in [3.05, 3.63) is 0 Å². The lowest BCUT2D eigenvalue weighted by Crippen LogP contribution is -2.20.